The number of likely N-dealkylation sites (tertiary alicyclic amines) is 1. The van der Waals surface area contributed by atoms with Crippen LogP contribution in [0.3, 0.4) is 0 Å². The molecule has 2 saturated heterocycles. The van der Waals surface area contributed by atoms with Gasteiger partial charge in [-0.25, -0.2) is 4.98 Å². The highest BCUT2D eigenvalue weighted by molar-refractivity contribution is 5.97. The number of pyridine rings is 1. The van der Waals surface area contributed by atoms with Crippen molar-refractivity contribution in [2.75, 3.05) is 43.5 Å². The first-order valence-corrected chi connectivity index (χ1v) is 9.86. The van der Waals surface area contributed by atoms with Crippen molar-refractivity contribution in [3.63, 3.8) is 0 Å². The molecule has 0 aliphatic carbocycles. The van der Waals surface area contributed by atoms with Gasteiger partial charge in [0.2, 0.25) is 5.91 Å². The van der Waals surface area contributed by atoms with E-state index in [9.17, 15) is 4.79 Å². The highest BCUT2D eigenvalue weighted by Crippen LogP contribution is 2.29. The van der Waals surface area contributed by atoms with E-state index in [1.165, 1.54) is 0 Å². The topological polar surface area (TPSA) is 66.7 Å². The number of anilines is 2. The van der Waals surface area contributed by atoms with Crippen molar-refractivity contribution in [2.24, 2.45) is 7.05 Å². The third-order valence-electron chi connectivity index (χ3n) is 5.50. The summed E-state index contributed by atoms with van der Waals surface area (Å²) in [7, 11) is 5.80. The van der Waals surface area contributed by atoms with Crippen LogP contribution >= 0.6 is 0 Å². The molecule has 2 aliphatic heterocycles. The van der Waals surface area contributed by atoms with E-state index in [1.807, 2.05) is 49.3 Å². The highest BCUT2D eigenvalue weighted by Gasteiger charge is 2.38. The average molecular weight is 384 g/mol. The Morgan fingerprint density at radius 1 is 1.25 bits per heavy atom. The Hall–Kier alpha value is -2.61. The van der Waals surface area contributed by atoms with Crippen molar-refractivity contribution in [1.29, 1.82) is 0 Å². The molecule has 0 spiro atoms. The second-order valence-corrected chi connectivity index (χ2v) is 7.76. The zero-order valence-corrected chi connectivity index (χ0v) is 16.8. The lowest BCUT2D eigenvalue weighted by Crippen LogP contribution is -2.52. The van der Waals surface area contributed by atoms with Gasteiger partial charge < -0.3 is 14.5 Å². The lowest BCUT2D eigenvalue weighted by Gasteiger charge is -2.36. The molecule has 2 aliphatic rings. The summed E-state index contributed by atoms with van der Waals surface area (Å²) < 4.78 is 7.99. The minimum Gasteiger partial charge on any atom is -0.485 e. The van der Waals surface area contributed by atoms with Crippen LogP contribution < -0.4 is 14.5 Å². The van der Waals surface area contributed by atoms with Gasteiger partial charge in [0.05, 0.1) is 17.9 Å². The number of carbonyl (C=O) groups is 1. The van der Waals surface area contributed by atoms with E-state index >= 15 is 0 Å². The fraction of sp³-hybridized carbons (Fsp3) is 0.550. The highest BCUT2D eigenvalue weighted by atomic mass is 16.5. The molecule has 0 N–H and O–H groups in total. The second-order valence-electron chi connectivity index (χ2n) is 7.76. The van der Waals surface area contributed by atoms with Crippen LogP contribution in [-0.4, -0.2) is 71.4 Å². The number of piperidine rings is 1. The van der Waals surface area contributed by atoms with E-state index in [2.05, 4.69) is 15.0 Å². The Morgan fingerprint density at radius 3 is 2.86 bits per heavy atom. The Bertz CT molecular complexity index is 836. The fourth-order valence-electron chi connectivity index (χ4n) is 4.12. The van der Waals surface area contributed by atoms with E-state index in [-0.39, 0.29) is 18.1 Å². The van der Waals surface area contributed by atoms with Crippen LogP contribution in [-0.2, 0) is 11.8 Å². The van der Waals surface area contributed by atoms with E-state index in [1.54, 1.807) is 17.1 Å². The first-order chi connectivity index (χ1) is 13.5. The Morgan fingerprint density at radius 2 is 2.11 bits per heavy atom. The van der Waals surface area contributed by atoms with Crippen molar-refractivity contribution >= 4 is 17.4 Å². The molecule has 2 aromatic rings. The van der Waals surface area contributed by atoms with Crippen LogP contribution in [0.15, 0.2) is 30.7 Å². The van der Waals surface area contributed by atoms with Gasteiger partial charge in [-0.2, -0.15) is 5.10 Å². The molecule has 150 valence electrons. The van der Waals surface area contributed by atoms with Crippen LogP contribution in [0.2, 0.25) is 0 Å². The number of aromatic nitrogens is 3. The molecule has 2 unspecified atom stereocenters. The summed E-state index contributed by atoms with van der Waals surface area (Å²) in [5.74, 6) is 1.80. The van der Waals surface area contributed by atoms with E-state index in [0.717, 1.165) is 56.2 Å². The maximum atomic E-state index is 13.1. The summed E-state index contributed by atoms with van der Waals surface area (Å²) in [5.41, 5.74) is 0.884. The second kappa shape index (κ2) is 7.79. The lowest BCUT2D eigenvalue weighted by atomic mass is 10.0. The minimum atomic E-state index is -0.0789. The maximum Gasteiger partial charge on any atom is 0.244 e. The van der Waals surface area contributed by atoms with Gasteiger partial charge >= 0.3 is 0 Å². The van der Waals surface area contributed by atoms with Gasteiger partial charge in [0.1, 0.15) is 6.10 Å². The molecule has 2 atom stereocenters. The van der Waals surface area contributed by atoms with Crippen molar-refractivity contribution in [3.8, 4) is 5.75 Å². The van der Waals surface area contributed by atoms with Gasteiger partial charge in [0.25, 0.3) is 0 Å². The van der Waals surface area contributed by atoms with Crippen LogP contribution in [0.5, 0.6) is 5.75 Å². The molecule has 2 aromatic heterocycles. The van der Waals surface area contributed by atoms with Gasteiger partial charge in [-0.15, -0.1) is 0 Å². The molecule has 8 heteroatoms. The van der Waals surface area contributed by atoms with Crippen LogP contribution in [0.4, 0.5) is 11.5 Å². The standard InChI is InChI=1S/C20H28N6O2/c1-23(2)19-18(7-4-9-21-19)28-16-8-11-25(14-16)17-6-5-10-26(20(17)27)15-12-22-24(3)13-15/h4,7,9,12-13,16-17H,5-6,8,10-11,14H2,1-3H3. The lowest BCUT2D eigenvalue weighted by molar-refractivity contribution is -0.125. The van der Waals surface area contributed by atoms with Gasteiger partial charge in [-0.05, 0) is 31.4 Å². The molecule has 0 bridgehead atoms. The zero-order chi connectivity index (χ0) is 19.7. The largest absolute Gasteiger partial charge is 0.485 e. The fourth-order valence-corrected chi connectivity index (χ4v) is 4.12. The Balaban J connectivity index is 1.42. The summed E-state index contributed by atoms with van der Waals surface area (Å²) in [6, 6.07) is 3.77. The molecule has 1 amide bonds. The summed E-state index contributed by atoms with van der Waals surface area (Å²) >= 11 is 0. The van der Waals surface area contributed by atoms with Crippen molar-refractivity contribution < 1.29 is 9.53 Å². The van der Waals surface area contributed by atoms with Crippen LogP contribution in [0.25, 0.3) is 0 Å². The third-order valence-corrected chi connectivity index (χ3v) is 5.50. The molecule has 2 fully saturated rings. The molecule has 8 nitrogen and oxygen atoms in total. The number of nitrogens with zero attached hydrogens (tertiary/aromatic N) is 6. The van der Waals surface area contributed by atoms with E-state index in [4.69, 9.17) is 4.74 Å². The third kappa shape index (κ3) is 3.69. The number of amides is 1. The molecule has 4 rings (SSSR count). The summed E-state index contributed by atoms with van der Waals surface area (Å²) in [5, 5.41) is 4.21. The van der Waals surface area contributed by atoms with E-state index in [0.29, 0.717) is 0 Å². The number of ether oxygens (including phenoxy) is 1. The zero-order valence-electron chi connectivity index (χ0n) is 16.8. The number of hydrogen-bond donors (Lipinski definition) is 0. The Kier molecular flexibility index (Phi) is 5.21. The molecule has 4 heterocycles. The first-order valence-electron chi connectivity index (χ1n) is 9.86. The monoisotopic (exact) mass is 384 g/mol. The Labute approximate surface area is 165 Å². The predicted octanol–water partition coefficient (Wildman–Crippen LogP) is 1.53. The van der Waals surface area contributed by atoms with Crippen LogP contribution in [0, 0.1) is 0 Å². The molecule has 28 heavy (non-hydrogen) atoms. The molecule has 0 radical (unpaired) electrons. The average Bonchev–Trinajstić information content (AvgIpc) is 3.31. The normalized spacial score (nSPS) is 23.2. The molecular weight excluding hydrogens is 356 g/mol. The van der Waals surface area contributed by atoms with Crippen molar-refractivity contribution in [3.05, 3.63) is 30.7 Å². The minimum absolute atomic E-state index is 0.0736. The number of carbonyl (C=O) groups excluding carboxylic acids is 1. The summed E-state index contributed by atoms with van der Waals surface area (Å²) in [4.78, 5) is 23.6. The number of rotatable bonds is 5. The smallest absolute Gasteiger partial charge is 0.244 e. The molecule has 0 aromatic carbocycles. The van der Waals surface area contributed by atoms with Gasteiger partial charge in [0.15, 0.2) is 11.6 Å². The number of aryl methyl sites for hydroxylation is 1. The van der Waals surface area contributed by atoms with Crippen molar-refractivity contribution in [2.45, 2.75) is 31.4 Å². The maximum absolute atomic E-state index is 13.1. The molecule has 0 saturated carbocycles. The first kappa shape index (κ1) is 18.7. The predicted molar refractivity (Wildman–Crippen MR) is 108 cm³/mol. The van der Waals surface area contributed by atoms with E-state index < -0.39 is 0 Å². The van der Waals surface area contributed by atoms with Crippen molar-refractivity contribution in [1.82, 2.24) is 19.7 Å². The van der Waals surface area contributed by atoms with Gasteiger partial charge in [0, 0.05) is 53.2 Å². The summed E-state index contributed by atoms with van der Waals surface area (Å²) in [6.07, 6.45) is 8.33. The SMILES string of the molecule is CN(C)c1ncccc1OC1CCN(C2CCCN(c3cnn(C)c3)C2=O)C1. The van der Waals surface area contributed by atoms with Gasteiger partial charge in [-0.3, -0.25) is 14.4 Å². The number of hydrogen-bond acceptors (Lipinski definition) is 6. The quantitative estimate of drug-likeness (QED) is 0.779. The van der Waals surface area contributed by atoms with Crippen LogP contribution in [0.1, 0.15) is 19.3 Å². The molecular formula is C20H28N6O2. The van der Waals surface area contributed by atoms with Gasteiger partial charge in [-0.1, -0.05) is 0 Å². The summed E-state index contributed by atoms with van der Waals surface area (Å²) in [6.45, 7) is 2.40.